The number of thiophene rings is 1. The second-order valence-corrected chi connectivity index (χ2v) is 9.98. The van der Waals surface area contributed by atoms with Gasteiger partial charge in [-0.3, -0.25) is 4.79 Å². The van der Waals surface area contributed by atoms with Crippen molar-refractivity contribution in [1.29, 1.82) is 0 Å². The zero-order valence-electron chi connectivity index (χ0n) is 17.0. The van der Waals surface area contributed by atoms with Gasteiger partial charge in [-0.1, -0.05) is 42.2 Å². The molecule has 0 bridgehead atoms. The van der Waals surface area contributed by atoms with Crippen LogP contribution in [0.1, 0.15) is 36.8 Å². The Bertz CT molecular complexity index is 1000. The molecule has 1 atom stereocenters. The smallest absolute Gasteiger partial charge is 0.233 e. The van der Waals surface area contributed by atoms with Crippen LogP contribution in [0.15, 0.2) is 40.1 Å². The number of hydrogen-bond acceptors (Lipinski definition) is 8. The molecule has 1 amide bonds. The first-order chi connectivity index (χ1) is 14.7. The average molecular weight is 461 g/mol. The molecule has 0 fully saturated rings. The van der Waals surface area contributed by atoms with Crippen LogP contribution < -0.4 is 10.1 Å². The van der Waals surface area contributed by atoms with Crippen LogP contribution in [-0.2, 0) is 11.2 Å². The molecule has 1 aliphatic heterocycles. The molecule has 3 heterocycles. The molecule has 0 saturated carbocycles. The third-order valence-electron chi connectivity index (χ3n) is 4.96. The van der Waals surface area contributed by atoms with E-state index >= 15 is 0 Å². The van der Waals surface area contributed by atoms with E-state index in [1.807, 2.05) is 36.1 Å². The lowest BCUT2D eigenvalue weighted by atomic mass is 9.98. The number of benzene rings is 1. The Morgan fingerprint density at radius 1 is 1.30 bits per heavy atom. The van der Waals surface area contributed by atoms with Crippen LogP contribution in [0.4, 0.5) is 10.8 Å². The summed E-state index contributed by atoms with van der Waals surface area (Å²) in [7, 11) is 0. The second kappa shape index (κ2) is 9.80. The van der Waals surface area contributed by atoms with Gasteiger partial charge in [-0.15, -0.1) is 21.5 Å². The molecular weight excluding hydrogens is 436 g/mol. The van der Waals surface area contributed by atoms with Gasteiger partial charge in [-0.2, -0.15) is 0 Å². The van der Waals surface area contributed by atoms with E-state index in [1.54, 1.807) is 11.3 Å². The number of fused-ring (bicyclic) bond motifs is 1. The predicted molar refractivity (Wildman–Crippen MR) is 124 cm³/mol. The number of hydrogen-bond donors (Lipinski definition) is 1. The summed E-state index contributed by atoms with van der Waals surface area (Å²) in [5.41, 5.74) is 2.18. The van der Waals surface area contributed by atoms with Gasteiger partial charge in [0, 0.05) is 11.4 Å². The third-order valence-corrected chi connectivity index (χ3v) is 7.91. The van der Waals surface area contributed by atoms with Gasteiger partial charge in [-0.05, 0) is 48.9 Å². The summed E-state index contributed by atoms with van der Waals surface area (Å²) in [5, 5.41) is 14.5. The number of aromatic nitrogens is 2. The minimum absolute atomic E-state index is 0.162. The maximum Gasteiger partial charge on any atom is 0.233 e. The van der Waals surface area contributed by atoms with Crippen molar-refractivity contribution < 1.29 is 9.53 Å². The highest BCUT2D eigenvalue weighted by Crippen LogP contribution is 2.36. The average Bonchev–Trinajstić information content (AvgIpc) is 3.42. The van der Waals surface area contributed by atoms with E-state index in [-0.39, 0.29) is 11.9 Å². The van der Waals surface area contributed by atoms with Gasteiger partial charge < -0.3 is 15.0 Å². The highest BCUT2D eigenvalue weighted by Gasteiger charge is 2.30. The molecule has 6 nitrogen and oxygen atoms in total. The van der Waals surface area contributed by atoms with E-state index in [4.69, 9.17) is 4.74 Å². The molecule has 1 N–H and O–H groups in total. The molecule has 2 aromatic heterocycles. The van der Waals surface area contributed by atoms with E-state index in [0.29, 0.717) is 17.5 Å². The number of carbonyl (C=O) groups is 1. The Morgan fingerprint density at radius 3 is 3.00 bits per heavy atom. The quantitative estimate of drug-likeness (QED) is 0.456. The van der Waals surface area contributed by atoms with Crippen LogP contribution in [0.25, 0.3) is 0 Å². The van der Waals surface area contributed by atoms with Gasteiger partial charge in [0.25, 0.3) is 0 Å². The molecule has 4 rings (SSSR count). The van der Waals surface area contributed by atoms with Gasteiger partial charge in [0.15, 0.2) is 4.34 Å². The van der Waals surface area contributed by atoms with Crippen LogP contribution in [-0.4, -0.2) is 39.9 Å². The van der Waals surface area contributed by atoms with E-state index in [1.165, 1.54) is 33.5 Å². The molecule has 1 aromatic carbocycles. The second-order valence-electron chi connectivity index (χ2n) is 6.78. The van der Waals surface area contributed by atoms with Gasteiger partial charge in [-0.25, -0.2) is 0 Å². The fourth-order valence-corrected chi connectivity index (χ4v) is 6.21. The summed E-state index contributed by atoms with van der Waals surface area (Å²) in [6.45, 7) is 5.49. The molecular formula is C21H24N4O2S3. The topological polar surface area (TPSA) is 67.3 Å². The summed E-state index contributed by atoms with van der Waals surface area (Å²) in [4.78, 5) is 16.4. The maximum absolute atomic E-state index is 12.9. The van der Waals surface area contributed by atoms with Gasteiger partial charge >= 0.3 is 0 Å². The Morgan fingerprint density at radius 2 is 2.17 bits per heavy atom. The molecule has 158 valence electrons. The molecule has 9 heteroatoms. The first kappa shape index (κ1) is 21.1. The summed E-state index contributed by atoms with van der Waals surface area (Å²) in [6.07, 6.45) is 1.89. The molecule has 0 aliphatic carbocycles. The van der Waals surface area contributed by atoms with Crippen molar-refractivity contribution in [1.82, 2.24) is 15.1 Å². The Labute approximate surface area is 188 Å². The number of anilines is 2. The summed E-state index contributed by atoms with van der Waals surface area (Å²) >= 11 is 4.69. The number of amides is 1. The number of nitrogens with one attached hydrogen (secondary N) is 1. The van der Waals surface area contributed by atoms with Crippen molar-refractivity contribution in [2.24, 2.45) is 0 Å². The molecule has 30 heavy (non-hydrogen) atoms. The highest BCUT2D eigenvalue weighted by molar-refractivity contribution is 8.01. The zero-order chi connectivity index (χ0) is 20.9. The summed E-state index contributed by atoms with van der Waals surface area (Å²) < 4.78 is 6.42. The van der Waals surface area contributed by atoms with Crippen LogP contribution in [0.3, 0.4) is 0 Å². The normalized spacial score (nSPS) is 15.7. The molecule has 0 saturated heterocycles. The van der Waals surface area contributed by atoms with E-state index in [2.05, 4.69) is 33.9 Å². The van der Waals surface area contributed by atoms with Crippen molar-refractivity contribution in [3.05, 3.63) is 46.2 Å². The Kier molecular flexibility index (Phi) is 6.91. The third kappa shape index (κ3) is 4.63. The molecule has 1 unspecified atom stereocenters. The predicted octanol–water partition coefficient (Wildman–Crippen LogP) is 5.37. The van der Waals surface area contributed by atoms with Crippen molar-refractivity contribution >= 4 is 51.2 Å². The Hall–Kier alpha value is -2.10. The molecule has 3 aromatic rings. The summed E-state index contributed by atoms with van der Waals surface area (Å²) in [5.74, 6) is 1.32. The van der Waals surface area contributed by atoms with Crippen molar-refractivity contribution in [2.75, 3.05) is 24.2 Å². The number of para-hydroxylation sites is 2. The minimum Gasteiger partial charge on any atom is -0.492 e. The van der Waals surface area contributed by atoms with Gasteiger partial charge in [0.05, 0.1) is 24.1 Å². The van der Waals surface area contributed by atoms with Crippen molar-refractivity contribution in [3.63, 3.8) is 0 Å². The monoisotopic (exact) mass is 460 g/mol. The lowest BCUT2D eigenvalue weighted by molar-refractivity contribution is -0.131. The first-order valence-electron chi connectivity index (χ1n) is 10.0. The van der Waals surface area contributed by atoms with Crippen molar-refractivity contribution in [2.45, 2.75) is 37.1 Å². The van der Waals surface area contributed by atoms with Crippen LogP contribution in [0.2, 0.25) is 0 Å². The van der Waals surface area contributed by atoms with Crippen LogP contribution in [0, 0.1) is 0 Å². The fraction of sp³-hybridized carbons (Fsp3) is 0.381. The number of nitrogens with zero attached hydrogens (tertiary/aromatic N) is 3. The first-order valence-corrected chi connectivity index (χ1v) is 12.7. The molecule has 1 aliphatic rings. The molecule has 0 radical (unpaired) electrons. The van der Waals surface area contributed by atoms with E-state index in [0.717, 1.165) is 35.2 Å². The molecule has 0 spiro atoms. The number of carbonyl (C=O) groups excluding carboxylic acids is 1. The van der Waals surface area contributed by atoms with E-state index in [9.17, 15) is 4.79 Å². The van der Waals surface area contributed by atoms with Crippen LogP contribution in [0.5, 0.6) is 5.75 Å². The lowest BCUT2D eigenvalue weighted by Crippen LogP contribution is -2.40. The number of rotatable bonds is 8. The maximum atomic E-state index is 12.9. The Balaban J connectivity index is 1.36. The lowest BCUT2D eigenvalue weighted by Gasteiger charge is -2.35. The largest absolute Gasteiger partial charge is 0.492 e. The standard InChI is InChI=1S/C21H24N4O2S3/c1-3-16-14-10-12-28-18(14)9-11-25(16)19(26)13-29-21-24-23-20(30-21)22-15-7-5-6-8-17(15)27-4-2/h5-8,10,12,16H,3-4,9,11,13H2,1-2H3,(H,22,23). The SMILES string of the molecule is CCOc1ccccc1Nc1nnc(SCC(=O)N2CCc3sccc3C2CC)s1. The fourth-order valence-electron chi connectivity index (χ4n) is 3.63. The summed E-state index contributed by atoms with van der Waals surface area (Å²) in [6, 6.07) is 10.1. The number of thioether (sulfide) groups is 1. The van der Waals surface area contributed by atoms with Crippen molar-refractivity contribution in [3.8, 4) is 5.75 Å². The van der Waals surface area contributed by atoms with E-state index < -0.39 is 0 Å². The van der Waals surface area contributed by atoms with Crippen LogP contribution >= 0.6 is 34.4 Å². The minimum atomic E-state index is 0.162. The van der Waals surface area contributed by atoms with Gasteiger partial charge in [0.2, 0.25) is 11.0 Å². The zero-order valence-corrected chi connectivity index (χ0v) is 19.4. The number of ether oxygens (including phenoxy) is 1. The highest BCUT2D eigenvalue weighted by atomic mass is 32.2. The van der Waals surface area contributed by atoms with Gasteiger partial charge in [0.1, 0.15) is 5.75 Å².